The van der Waals surface area contributed by atoms with Crippen LogP contribution >= 0.6 is 11.3 Å². The van der Waals surface area contributed by atoms with Crippen molar-refractivity contribution in [2.24, 2.45) is 5.92 Å². The molecule has 1 saturated heterocycles. The summed E-state index contributed by atoms with van der Waals surface area (Å²) in [5, 5.41) is 2.98. The fourth-order valence-electron chi connectivity index (χ4n) is 3.90. The van der Waals surface area contributed by atoms with E-state index >= 15 is 0 Å². The number of amides is 2. The topological polar surface area (TPSA) is 84.3 Å². The number of halogens is 1. The van der Waals surface area contributed by atoms with E-state index in [9.17, 15) is 18.8 Å². The maximum absolute atomic E-state index is 13.4. The second-order valence-electron chi connectivity index (χ2n) is 7.97. The van der Waals surface area contributed by atoms with Crippen LogP contribution in [0, 0.1) is 18.7 Å². The predicted molar refractivity (Wildman–Crippen MR) is 118 cm³/mol. The van der Waals surface area contributed by atoms with E-state index in [1.54, 1.807) is 17.9 Å². The van der Waals surface area contributed by atoms with Crippen molar-refractivity contribution in [1.29, 1.82) is 0 Å². The first-order chi connectivity index (χ1) is 14.8. The van der Waals surface area contributed by atoms with E-state index in [1.807, 2.05) is 0 Å². The van der Waals surface area contributed by atoms with Crippen molar-refractivity contribution < 1.29 is 14.0 Å². The Morgan fingerprint density at radius 2 is 2.16 bits per heavy atom. The summed E-state index contributed by atoms with van der Waals surface area (Å²) >= 11 is 1.10. The van der Waals surface area contributed by atoms with Crippen molar-refractivity contribution in [2.75, 3.05) is 18.4 Å². The van der Waals surface area contributed by atoms with E-state index in [0.29, 0.717) is 45.4 Å². The first kappa shape index (κ1) is 21.2. The number of nitrogens with one attached hydrogen (secondary N) is 1. The molecule has 0 bridgehead atoms. The Labute approximate surface area is 182 Å². The van der Waals surface area contributed by atoms with Crippen LogP contribution in [0.3, 0.4) is 0 Å². The predicted octanol–water partition coefficient (Wildman–Crippen LogP) is 3.42. The molecule has 162 valence electrons. The third-order valence-corrected chi connectivity index (χ3v) is 6.72. The van der Waals surface area contributed by atoms with E-state index in [4.69, 9.17) is 0 Å². The Hall–Kier alpha value is -3.07. The standard InChI is InChI=1S/C22H23FN4O3S/c1-13-5-4-8-26(10-13)17(28)11-27-12-24-21-18(22(27)30)14(2)19(31-21)20(29)25-16-7-3-6-15(23)9-16/h3,6-7,9,12-13H,4-5,8,10-11H2,1-2H3,(H,25,29)/t13-/m0/s1. The van der Waals surface area contributed by atoms with Crippen LogP contribution in [0.5, 0.6) is 0 Å². The van der Waals surface area contributed by atoms with Gasteiger partial charge in [-0.1, -0.05) is 13.0 Å². The summed E-state index contributed by atoms with van der Waals surface area (Å²) in [6.45, 7) is 5.13. The smallest absolute Gasteiger partial charge is 0.266 e. The molecule has 0 spiro atoms. The van der Waals surface area contributed by atoms with Crippen LogP contribution in [0.4, 0.5) is 10.1 Å². The molecular weight excluding hydrogens is 419 g/mol. The molecule has 0 radical (unpaired) electrons. The lowest BCUT2D eigenvalue weighted by atomic mass is 10.0. The van der Waals surface area contributed by atoms with Gasteiger partial charge in [0.25, 0.3) is 11.5 Å². The molecule has 9 heteroatoms. The van der Waals surface area contributed by atoms with Gasteiger partial charge in [-0.15, -0.1) is 11.3 Å². The number of thiophene rings is 1. The molecule has 1 atom stereocenters. The third kappa shape index (κ3) is 4.36. The number of anilines is 1. The van der Waals surface area contributed by atoms with Gasteiger partial charge in [-0.3, -0.25) is 19.0 Å². The lowest BCUT2D eigenvalue weighted by Crippen LogP contribution is -2.42. The number of hydrogen-bond acceptors (Lipinski definition) is 5. The van der Waals surface area contributed by atoms with Gasteiger partial charge in [-0.2, -0.15) is 0 Å². The van der Waals surface area contributed by atoms with Crippen LogP contribution in [0.1, 0.15) is 35.0 Å². The SMILES string of the molecule is Cc1c(C(=O)Nc2cccc(F)c2)sc2ncn(CC(=O)N3CCC[C@H](C)C3)c(=O)c12. The molecule has 31 heavy (non-hydrogen) atoms. The van der Waals surface area contributed by atoms with Gasteiger partial charge in [0.1, 0.15) is 17.2 Å². The van der Waals surface area contributed by atoms with Gasteiger partial charge in [0.15, 0.2) is 0 Å². The van der Waals surface area contributed by atoms with Crippen LogP contribution in [-0.4, -0.2) is 39.4 Å². The van der Waals surface area contributed by atoms with Gasteiger partial charge in [-0.05, 0) is 49.4 Å². The van der Waals surface area contributed by atoms with Crippen molar-refractivity contribution in [3.05, 3.63) is 57.2 Å². The molecule has 0 unspecified atom stereocenters. The van der Waals surface area contributed by atoms with Crippen molar-refractivity contribution >= 4 is 39.1 Å². The lowest BCUT2D eigenvalue weighted by molar-refractivity contribution is -0.133. The molecule has 0 saturated carbocycles. The molecule has 7 nitrogen and oxygen atoms in total. The van der Waals surface area contributed by atoms with Crippen LogP contribution in [-0.2, 0) is 11.3 Å². The number of carbonyl (C=O) groups is 2. The van der Waals surface area contributed by atoms with Crippen molar-refractivity contribution in [3.63, 3.8) is 0 Å². The number of likely N-dealkylation sites (tertiary alicyclic amines) is 1. The summed E-state index contributed by atoms with van der Waals surface area (Å²) in [6.07, 6.45) is 3.43. The summed E-state index contributed by atoms with van der Waals surface area (Å²) in [6, 6.07) is 5.60. The number of benzene rings is 1. The van der Waals surface area contributed by atoms with Crippen LogP contribution in [0.25, 0.3) is 10.2 Å². The number of hydrogen-bond donors (Lipinski definition) is 1. The minimum Gasteiger partial charge on any atom is -0.341 e. The molecule has 1 aromatic carbocycles. The van der Waals surface area contributed by atoms with Gasteiger partial charge in [0, 0.05) is 18.8 Å². The molecule has 3 heterocycles. The number of carbonyl (C=O) groups excluding carboxylic acids is 2. The monoisotopic (exact) mass is 442 g/mol. The highest BCUT2D eigenvalue weighted by molar-refractivity contribution is 7.20. The highest BCUT2D eigenvalue weighted by Gasteiger charge is 2.23. The summed E-state index contributed by atoms with van der Waals surface area (Å²) in [4.78, 5) is 45.3. The largest absolute Gasteiger partial charge is 0.341 e. The molecule has 1 fully saturated rings. The van der Waals surface area contributed by atoms with E-state index in [2.05, 4.69) is 17.2 Å². The first-order valence-electron chi connectivity index (χ1n) is 10.2. The zero-order chi connectivity index (χ0) is 22.1. The molecule has 1 aliphatic heterocycles. The van der Waals surface area contributed by atoms with E-state index < -0.39 is 11.7 Å². The molecule has 1 N–H and O–H groups in total. The number of aryl methyl sites for hydroxylation is 1. The Bertz CT molecular complexity index is 1220. The summed E-state index contributed by atoms with van der Waals surface area (Å²) < 4.78 is 14.7. The van der Waals surface area contributed by atoms with Crippen molar-refractivity contribution in [2.45, 2.75) is 33.2 Å². The minimum atomic E-state index is -0.455. The Morgan fingerprint density at radius 3 is 2.90 bits per heavy atom. The average molecular weight is 443 g/mol. The Kier molecular flexibility index (Phi) is 5.86. The van der Waals surface area contributed by atoms with E-state index in [0.717, 1.165) is 24.2 Å². The van der Waals surface area contributed by atoms with Crippen LogP contribution in [0.2, 0.25) is 0 Å². The zero-order valence-electron chi connectivity index (χ0n) is 17.4. The molecule has 1 aliphatic rings. The van der Waals surface area contributed by atoms with Crippen molar-refractivity contribution in [1.82, 2.24) is 14.5 Å². The third-order valence-electron chi connectivity index (χ3n) is 5.52. The van der Waals surface area contributed by atoms with Gasteiger partial charge in [-0.25, -0.2) is 9.37 Å². The number of piperidine rings is 1. The lowest BCUT2D eigenvalue weighted by Gasteiger charge is -2.31. The zero-order valence-corrected chi connectivity index (χ0v) is 18.2. The second kappa shape index (κ2) is 8.58. The quantitative estimate of drug-likeness (QED) is 0.671. The maximum Gasteiger partial charge on any atom is 0.266 e. The number of rotatable bonds is 4. The number of fused-ring (bicyclic) bond motifs is 1. The average Bonchev–Trinajstić information content (AvgIpc) is 3.07. The fourth-order valence-corrected chi connectivity index (χ4v) is 4.94. The maximum atomic E-state index is 13.4. The number of aromatic nitrogens is 2. The van der Waals surface area contributed by atoms with Gasteiger partial charge < -0.3 is 10.2 Å². The van der Waals surface area contributed by atoms with Crippen LogP contribution in [0.15, 0.2) is 35.4 Å². The molecule has 2 aromatic heterocycles. The summed E-state index contributed by atoms with van der Waals surface area (Å²) in [7, 11) is 0. The molecule has 4 rings (SSSR count). The Balaban J connectivity index is 1.59. The van der Waals surface area contributed by atoms with E-state index in [1.165, 1.54) is 29.1 Å². The summed E-state index contributed by atoms with van der Waals surface area (Å²) in [5.41, 5.74) is 0.482. The van der Waals surface area contributed by atoms with Gasteiger partial charge >= 0.3 is 0 Å². The number of nitrogens with zero attached hydrogens (tertiary/aromatic N) is 3. The first-order valence-corrected chi connectivity index (χ1v) is 11.0. The summed E-state index contributed by atoms with van der Waals surface area (Å²) in [5.74, 6) is -0.543. The molecule has 2 amide bonds. The van der Waals surface area contributed by atoms with Crippen molar-refractivity contribution in [3.8, 4) is 0 Å². The Morgan fingerprint density at radius 1 is 1.35 bits per heavy atom. The normalized spacial score (nSPS) is 16.5. The molecule has 3 aromatic rings. The fraction of sp³-hybridized carbons (Fsp3) is 0.364. The van der Waals surface area contributed by atoms with Gasteiger partial charge in [0.2, 0.25) is 5.91 Å². The van der Waals surface area contributed by atoms with Crippen LogP contribution < -0.4 is 10.9 Å². The highest BCUT2D eigenvalue weighted by atomic mass is 32.1. The van der Waals surface area contributed by atoms with Gasteiger partial charge in [0.05, 0.1) is 16.6 Å². The molecular formula is C22H23FN4O3S. The molecule has 0 aliphatic carbocycles. The second-order valence-corrected chi connectivity index (χ2v) is 8.96. The minimum absolute atomic E-state index is 0.0748. The van der Waals surface area contributed by atoms with E-state index in [-0.39, 0.29) is 18.0 Å². The highest BCUT2D eigenvalue weighted by Crippen LogP contribution is 2.27.